The second kappa shape index (κ2) is 14.6. The van der Waals surface area contributed by atoms with Gasteiger partial charge in [0.1, 0.15) is 5.60 Å². The smallest absolute Gasteiger partial charge is 0.337 e. The number of aromatic nitrogens is 1. The molecule has 0 aromatic carbocycles. The molecule has 234 valence electrons. The standard InChI is InChI=1S/C30H51N3O8/c1-7-8-9-10-13-16-23(35)27(2,3)24(36)31-19-22-18-21(33-41-22)15-12-11-14-17-30(39)28(4,5)25(37)32-29(30,20-34)26(38)40-6/h18,23,34-35,39H,7-17,19-20H2,1-6H3,(H,31,36)(H,32,37)/t23?,29-,30-/m0/s1. The zero-order chi connectivity index (χ0) is 30.9. The van der Waals surface area contributed by atoms with Crippen LogP contribution in [0.1, 0.15) is 110 Å². The van der Waals surface area contributed by atoms with E-state index in [-0.39, 0.29) is 18.9 Å². The zero-order valence-corrected chi connectivity index (χ0v) is 25.7. The van der Waals surface area contributed by atoms with E-state index in [1.165, 1.54) is 6.42 Å². The molecule has 3 atom stereocenters. The van der Waals surface area contributed by atoms with Crippen molar-refractivity contribution in [2.75, 3.05) is 13.7 Å². The largest absolute Gasteiger partial charge is 0.467 e. The number of rotatable bonds is 18. The molecule has 0 saturated carbocycles. The number of hydrogen-bond acceptors (Lipinski definition) is 9. The molecule has 2 amide bonds. The molecule has 1 aromatic rings. The molecule has 1 aliphatic rings. The van der Waals surface area contributed by atoms with Gasteiger partial charge in [-0.05, 0) is 53.4 Å². The highest BCUT2D eigenvalue weighted by Crippen LogP contribution is 2.48. The van der Waals surface area contributed by atoms with E-state index >= 15 is 0 Å². The van der Waals surface area contributed by atoms with Crippen molar-refractivity contribution < 1.29 is 39.0 Å². The summed E-state index contributed by atoms with van der Waals surface area (Å²) >= 11 is 0. The monoisotopic (exact) mass is 581 g/mol. The Morgan fingerprint density at radius 2 is 1.80 bits per heavy atom. The van der Waals surface area contributed by atoms with Gasteiger partial charge in [0.05, 0.1) is 42.9 Å². The van der Waals surface area contributed by atoms with Gasteiger partial charge in [0.25, 0.3) is 0 Å². The third-order valence-corrected chi connectivity index (χ3v) is 8.91. The number of aliphatic hydroxyl groups excluding tert-OH is 2. The lowest BCUT2D eigenvalue weighted by atomic mass is 9.65. The minimum Gasteiger partial charge on any atom is -0.467 e. The Kier molecular flexibility index (Phi) is 12.4. The van der Waals surface area contributed by atoms with Crippen LogP contribution in [0.4, 0.5) is 0 Å². The molecule has 11 nitrogen and oxygen atoms in total. The number of unbranched alkanes of at least 4 members (excludes halogenated alkanes) is 6. The maximum Gasteiger partial charge on any atom is 0.337 e. The fourth-order valence-corrected chi connectivity index (χ4v) is 5.60. The molecule has 41 heavy (non-hydrogen) atoms. The fourth-order valence-electron chi connectivity index (χ4n) is 5.60. The average Bonchev–Trinajstić information content (AvgIpc) is 3.45. The van der Waals surface area contributed by atoms with Gasteiger partial charge in [-0.15, -0.1) is 0 Å². The number of aliphatic hydroxyl groups is 3. The number of methoxy groups -OCH3 is 1. The molecule has 0 aliphatic carbocycles. The number of ether oxygens (including phenoxy) is 1. The first-order chi connectivity index (χ1) is 19.2. The first-order valence-electron chi connectivity index (χ1n) is 14.9. The predicted octanol–water partition coefficient (Wildman–Crippen LogP) is 2.93. The van der Waals surface area contributed by atoms with Crippen molar-refractivity contribution in [3.63, 3.8) is 0 Å². The van der Waals surface area contributed by atoms with Crippen LogP contribution in [0.2, 0.25) is 0 Å². The van der Waals surface area contributed by atoms with Gasteiger partial charge in [0, 0.05) is 6.07 Å². The van der Waals surface area contributed by atoms with E-state index in [4.69, 9.17) is 9.26 Å². The minimum absolute atomic E-state index is 0.102. The van der Waals surface area contributed by atoms with Crippen LogP contribution in [0.3, 0.4) is 0 Å². The van der Waals surface area contributed by atoms with Gasteiger partial charge >= 0.3 is 5.97 Å². The number of amides is 2. The lowest BCUT2D eigenvalue weighted by molar-refractivity contribution is -0.172. The molecule has 0 spiro atoms. The van der Waals surface area contributed by atoms with Crippen molar-refractivity contribution in [2.24, 2.45) is 10.8 Å². The summed E-state index contributed by atoms with van der Waals surface area (Å²) in [6.07, 6.45) is 7.85. The van der Waals surface area contributed by atoms with Crippen LogP contribution in [-0.4, -0.2) is 69.2 Å². The van der Waals surface area contributed by atoms with Crippen molar-refractivity contribution in [2.45, 2.75) is 129 Å². The van der Waals surface area contributed by atoms with Crippen LogP contribution in [0.25, 0.3) is 0 Å². The Bertz CT molecular complexity index is 1020. The number of carbonyl (C=O) groups excluding carboxylic acids is 3. The van der Waals surface area contributed by atoms with Crippen LogP contribution in [0, 0.1) is 10.8 Å². The van der Waals surface area contributed by atoms with Crippen LogP contribution in [0.15, 0.2) is 10.6 Å². The van der Waals surface area contributed by atoms with Gasteiger partial charge in [0.2, 0.25) is 11.8 Å². The van der Waals surface area contributed by atoms with E-state index in [0.717, 1.165) is 38.5 Å². The first-order valence-corrected chi connectivity index (χ1v) is 14.9. The number of carbonyl (C=O) groups is 3. The molecular weight excluding hydrogens is 530 g/mol. The molecular formula is C30H51N3O8. The summed E-state index contributed by atoms with van der Waals surface area (Å²) in [6.45, 7) is 8.14. The maximum absolute atomic E-state index is 12.8. The number of aryl methyl sites for hydroxylation is 1. The molecule has 1 fully saturated rings. The lowest BCUT2D eigenvalue weighted by Crippen LogP contribution is -2.67. The summed E-state index contributed by atoms with van der Waals surface area (Å²) in [6, 6.07) is 1.78. The van der Waals surface area contributed by atoms with Gasteiger partial charge in [-0.3, -0.25) is 9.59 Å². The fraction of sp³-hybridized carbons (Fsp3) is 0.800. The molecule has 2 heterocycles. The maximum atomic E-state index is 12.8. The van der Waals surface area contributed by atoms with Crippen LogP contribution in [-0.2, 0) is 32.1 Å². The zero-order valence-electron chi connectivity index (χ0n) is 25.7. The van der Waals surface area contributed by atoms with Crippen molar-refractivity contribution in [1.29, 1.82) is 0 Å². The average molecular weight is 582 g/mol. The summed E-state index contributed by atoms with van der Waals surface area (Å²) in [5, 5.41) is 41.6. The summed E-state index contributed by atoms with van der Waals surface area (Å²) in [5.74, 6) is -1.15. The summed E-state index contributed by atoms with van der Waals surface area (Å²) < 4.78 is 10.2. The normalized spacial score (nSPS) is 22.8. The Hall–Kier alpha value is -2.50. The molecule has 0 bridgehead atoms. The summed E-state index contributed by atoms with van der Waals surface area (Å²) in [4.78, 5) is 37.9. The topological polar surface area (TPSA) is 171 Å². The summed E-state index contributed by atoms with van der Waals surface area (Å²) in [7, 11) is 1.15. The Labute approximate surface area is 243 Å². The molecule has 1 aliphatic heterocycles. The van der Waals surface area contributed by atoms with Gasteiger partial charge in [-0.1, -0.05) is 57.0 Å². The van der Waals surface area contributed by atoms with Crippen molar-refractivity contribution in [3.05, 3.63) is 17.5 Å². The third kappa shape index (κ3) is 7.48. The number of hydrogen-bond donors (Lipinski definition) is 5. The SMILES string of the molecule is CCCCCCCC(O)C(C)(C)C(=O)NCc1cc(CCCCC[C@]2(O)C(C)(C)C(=O)N[C@@]2(CO)C(=O)OC)no1. The Morgan fingerprint density at radius 1 is 1.15 bits per heavy atom. The number of nitrogens with zero attached hydrogens (tertiary/aromatic N) is 1. The molecule has 1 aromatic heterocycles. The second-order valence-electron chi connectivity index (χ2n) is 12.5. The second-order valence-corrected chi connectivity index (χ2v) is 12.5. The van der Waals surface area contributed by atoms with Gasteiger partial charge in [0.15, 0.2) is 11.3 Å². The van der Waals surface area contributed by atoms with E-state index in [1.807, 2.05) is 0 Å². The third-order valence-electron chi connectivity index (χ3n) is 8.91. The molecule has 11 heteroatoms. The number of nitrogens with one attached hydrogen (secondary N) is 2. The van der Waals surface area contributed by atoms with Crippen molar-refractivity contribution in [1.82, 2.24) is 15.8 Å². The van der Waals surface area contributed by atoms with E-state index in [1.54, 1.807) is 33.8 Å². The van der Waals surface area contributed by atoms with Crippen LogP contribution >= 0.6 is 0 Å². The van der Waals surface area contributed by atoms with Crippen molar-refractivity contribution in [3.8, 4) is 0 Å². The van der Waals surface area contributed by atoms with E-state index in [9.17, 15) is 29.7 Å². The highest BCUT2D eigenvalue weighted by Gasteiger charge is 2.71. The van der Waals surface area contributed by atoms with E-state index in [2.05, 4.69) is 22.7 Å². The lowest BCUT2D eigenvalue weighted by Gasteiger charge is -2.43. The van der Waals surface area contributed by atoms with Crippen LogP contribution in [0.5, 0.6) is 0 Å². The van der Waals surface area contributed by atoms with Crippen molar-refractivity contribution >= 4 is 17.8 Å². The predicted molar refractivity (Wildman–Crippen MR) is 152 cm³/mol. The molecule has 2 rings (SSSR count). The Morgan fingerprint density at radius 3 is 2.44 bits per heavy atom. The Balaban J connectivity index is 1.82. The van der Waals surface area contributed by atoms with E-state index in [0.29, 0.717) is 37.9 Å². The highest BCUT2D eigenvalue weighted by molar-refractivity contribution is 5.98. The van der Waals surface area contributed by atoms with Gasteiger partial charge < -0.3 is 35.2 Å². The van der Waals surface area contributed by atoms with E-state index < -0.39 is 46.6 Å². The molecule has 1 unspecified atom stereocenters. The van der Waals surface area contributed by atoms with Crippen LogP contribution < -0.4 is 10.6 Å². The van der Waals surface area contributed by atoms with Gasteiger partial charge in [-0.25, -0.2) is 4.79 Å². The summed E-state index contributed by atoms with van der Waals surface area (Å²) in [5.41, 5.74) is -5.28. The molecule has 0 radical (unpaired) electrons. The van der Waals surface area contributed by atoms with Gasteiger partial charge in [-0.2, -0.15) is 0 Å². The molecule has 1 saturated heterocycles. The molecule has 5 N–H and O–H groups in total. The quantitative estimate of drug-likeness (QED) is 0.129. The minimum atomic E-state index is -1.92. The first kappa shape index (κ1) is 34.7. The highest BCUT2D eigenvalue weighted by atomic mass is 16.5. The number of esters is 1.